The summed E-state index contributed by atoms with van der Waals surface area (Å²) in [6.07, 6.45) is -0.144. The Morgan fingerprint density at radius 2 is 1.87 bits per heavy atom. The fourth-order valence-electron chi connectivity index (χ4n) is 1.96. The van der Waals surface area contributed by atoms with Gasteiger partial charge in [0.15, 0.2) is 0 Å². The molecule has 0 fully saturated rings. The molecule has 7 heteroatoms. The summed E-state index contributed by atoms with van der Waals surface area (Å²) in [6.45, 7) is -0.142. The summed E-state index contributed by atoms with van der Waals surface area (Å²) in [6, 6.07) is 12.3. The SMILES string of the molecule is CN(CCC(=O)O)C(=O)Cn1nc(-c2ccccc2)ccc1=O. The van der Waals surface area contributed by atoms with Crippen LogP contribution in [0.3, 0.4) is 0 Å². The van der Waals surface area contributed by atoms with Crippen molar-refractivity contribution in [2.24, 2.45) is 0 Å². The summed E-state index contributed by atoms with van der Waals surface area (Å²) in [7, 11) is 1.50. The minimum atomic E-state index is -0.981. The van der Waals surface area contributed by atoms with Gasteiger partial charge in [-0.1, -0.05) is 30.3 Å². The second kappa shape index (κ2) is 7.35. The number of benzene rings is 1. The van der Waals surface area contributed by atoms with E-state index < -0.39 is 5.97 Å². The quantitative estimate of drug-likeness (QED) is 0.853. The van der Waals surface area contributed by atoms with Crippen LogP contribution in [0, 0.1) is 0 Å². The van der Waals surface area contributed by atoms with Gasteiger partial charge in [0.1, 0.15) is 6.54 Å². The Hall–Kier alpha value is -2.96. The summed E-state index contributed by atoms with van der Waals surface area (Å²) < 4.78 is 1.09. The van der Waals surface area contributed by atoms with Crippen LogP contribution < -0.4 is 5.56 Å². The molecular formula is C16H17N3O4. The van der Waals surface area contributed by atoms with E-state index in [-0.39, 0.29) is 31.0 Å². The fourth-order valence-corrected chi connectivity index (χ4v) is 1.96. The Labute approximate surface area is 132 Å². The minimum Gasteiger partial charge on any atom is -0.481 e. The normalized spacial score (nSPS) is 10.3. The Morgan fingerprint density at radius 3 is 2.52 bits per heavy atom. The molecule has 0 aliphatic rings. The molecule has 0 aliphatic carbocycles. The highest BCUT2D eigenvalue weighted by Gasteiger charge is 2.13. The molecule has 120 valence electrons. The van der Waals surface area contributed by atoms with Crippen LogP contribution in [0.2, 0.25) is 0 Å². The molecule has 1 aromatic heterocycles. The lowest BCUT2D eigenvalue weighted by atomic mass is 10.1. The summed E-state index contributed by atoms with van der Waals surface area (Å²) in [5.74, 6) is -1.35. The van der Waals surface area contributed by atoms with E-state index in [9.17, 15) is 14.4 Å². The van der Waals surface area contributed by atoms with Gasteiger partial charge in [0.05, 0.1) is 12.1 Å². The van der Waals surface area contributed by atoms with Gasteiger partial charge in [-0.15, -0.1) is 0 Å². The number of likely N-dealkylation sites (N-methyl/N-ethyl adjacent to an activating group) is 1. The summed E-state index contributed by atoms with van der Waals surface area (Å²) >= 11 is 0. The largest absolute Gasteiger partial charge is 0.481 e. The van der Waals surface area contributed by atoms with E-state index in [0.717, 1.165) is 10.2 Å². The van der Waals surface area contributed by atoms with Crippen molar-refractivity contribution in [2.45, 2.75) is 13.0 Å². The number of amides is 1. The van der Waals surface area contributed by atoms with Crippen LogP contribution in [0.25, 0.3) is 11.3 Å². The van der Waals surface area contributed by atoms with Crippen molar-refractivity contribution in [1.29, 1.82) is 0 Å². The third-order valence-electron chi connectivity index (χ3n) is 3.31. The van der Waals surface area contributed by atoms with Gasteiger partial charge in [-0.05, 0) is 6.07 Å². The Balaban J connectivity index is 2.15. The van der Waals surface area contributed by atoms with Crippen molar-refractivity contribution in [2.75, 3.05) is 13.6 Å². The highest BCUT2D eigenvalue weighted by Crippen LogP contribution is 2.13. The molecule has 0 aliphatic heterocycles. The van der Waals surface area contributed by atoms with Crippen molar-refractivity contribution >= 4 is 11.9 Å². The molecule has 0 saturated carbocycles. The topological polar surface area (TPSA) is 92.5 Å². The number of nitrogens with zero attached hydrogens (tertiary/aromatic N) is 3. The van der Waals surface area contributed by atoms with Crippen LogP contribution in [-0.2, 0) is 16.1 Å². The molecule has 1 aromatic carbocycles. The lowest BCUT2D eigenvalue weighted by Crippen LogP contribution is -2.36. The van der Waals surface area contributed by atoms with Crippen LogP contribution in [0.15, 0.2) is 47.3 Å². The molecule has 0 atom stereocenters. The zero-order chi connectivity index (χ0) is 16.8. The van der Waals surface area contributed by atoms with E-state index in [4.69, 9.17) is 5.11 Å². The molecule has 0 spiro atoms. The number of hydrogen-bond donors (Lipinski definition) is 1. The van der Waals surface area contributed by atoms with Crippen LogP contribution in [0.5, 0.6) is 0 Å². The van der Waals surface area contributed by atoms with Gasteiger partial charge in [-0.3, -0.25) is 14.4 Å². The molecule has 1 amide bonds. The van der Waals surface area contributed by atoms with Crippen molar-refractivity contribution < 1.29 is 14.7 Å². The van der Waals surface area contributed by atoms with Crippen molar-refractivity contribution in [3.05, 3.63) is 52.8 Å². The first-order chi connectivity index (χ1) is 11.0. The fraction of sp³-hybridized carbons (Fsp3) is 0.250. The third-order valence-corrected chi connectivity index (χ3v) is 3.31. The lowest BCUT2D eigenvalue weighted by Gasteiger charge is -2.16. The highest BCUT2D eigenvalue weighted by atomic mass is 16.4. The zero-order valence-corrected chi connectivity index (χ0v) is 12.7. The number of carboxylic acid groups (broad SMARTS) is 1. The van der Waals surface area contributed by atoms with Crippen LogP contribution in [0.1, 0.15) is 6.42 Å². The molecule has 0 radical (unpaired) electrons. The van der Waals surface area contributed by atoms with Gasteiger partial charge in [-0.2, -0.15) is 5.10 Å². The summed E-state index contributed by atoms with van der Waals surface area (Å²) in [5.41, 5.74) is 1.05. The first-order valence-electron chi connectivity index (χ1n) is 7.06. The number of carbonyl (C=O) groups is 2. The predicted molar refractivity (Wildman–Crippen MR) is 83.8 cm³/mol. The summed E-state index contributed by atoms with van der Waals surface area (Å²) in [4.78, 5) is 35.7. The maximum Gasteiger partial charge on any atom is 0.305 e. The number of hydrogen-bond acceptors (Lipinski definition) is 4. The average molecular weight is 315 g/mol. The average Bonchev–Trinajstić information content (AvgIpc) is 2.55. The van der Waals surface area contributed by atoms with E-state index in [0.29, 0.717) is 5.69 Å². The van der Waals surface area contributed by atoms with Crippen LogP contribution >= 0.6 is 0 Å². The Kier molecular flexibility index (Phi) is 5.24. The monoisotopic (exact) mass is 315 g/mol. The number of carbonyl (C=O) groups excluding carboxylic acids is 1. The number of aliphatic carboxylic acids is 1. The van der Waals surface area contributed by atoms with Crippen molar-refractivity contribution in [1.82, 2.24) is 14.7 Å². The van der Waals surface area contributed by atoms with Crippen molar-refractivity contribution in [3.63, 3.8) is 0 Å². The zero-order valence-electron chi connectivity index (χ0n) is 12.7. The molecule has 1 heterocycles. The molecule has 7 nitrogen and oxygen atoms in total. The first kappa shape index (κ1) is 16.4. The first-order valence-corrected chi connectivity index (χ1v) is 7.06. The van der Waals surface area contributed by atoms with E-state index in [1.54, 1.807) is 6.07 Å². The molecule has 0 saturated heterocycles. The van der Waals surface area contributed by atoms with Gasteiger partial charge in [0.25, 0.3) is 5.56 Å². The van der Waals surface area contributed by atoms with E-state index >= 15 is 0 Å². The third kappa shape index (κ3) is 4.50. The standard InChI is InChI=1S/C16H17N3O4/c1-18(10-9-16(22)23)15(21)11-19-14(20)8-7-13(17-19)12-5-3-2-4-6-12/h2-8H,9-11H2,1H3,(H,22,23). The van der Waals surface area contributed by atoms with Gasteiger partial charge in [0, 0.05) is 25.2 Å². The lowest BCUT2D eigenvalue weighted by molar-refractivity contribution is -0.138. The van der Waals surface area contributed by atoms with E-state index in [1.165, 1.54) is 18.0 Å². The van der Waals surface area contributed by atoms with Crippen LogP contribution in [0.4, 0.5) is 0 Å². The second-order valence-corrected chi connectivity index (χ2v) is 5.04. The summed E-state index contributed by atoms with van der Waals surface area (Å²) in [5, 5.41) is 12.8. The van der Waals surface area contributed by atoms with Crippen LogP contribution in [-0.4, -0.2) is 45.3 Å². The molecule has 2 rings (SSSR count). The maximum atomic E-state index is 12.1. The highest BCUT2D eigenvalue weighted by molar-refractivity contribution is 5.76. The Morgan fingerprint density at radius 1 is 1.17 bits per heavy atom. The number of carboxylic acids is 1. The van der Waals surface area contributed by atoms with Gasteiger partial charge in [-0.25, -0.2) is 4.68 Å². The van der Waals surface area contributed by atoms with Gasteiger partial charge >= 0.3 is 5.97 Å². The number of aromatic nitrogens is 2. The number of rotatable bonds is 6. The van der Waals surface area contributed by atoms with E-state index in [1.807, 2.05) is 30.3 Å². The molecule has 0 unspecified atom stereocenters. The molecular weight excluding hydrogens is 298 g/mol. The molecule has 2 aromatic rings. The molecule has 23 heavy (non-hydrogen) atoms. The molecule has 1 N–H and O–H groups in total. The predicted octanol–water partition coefficient (Wildman–Crippen LogP) is 0.843. The van der Waals surface area contributed by atoms with Gasteiger partial charge < -0.3 is 10.0 Å². The second-order valence-electron chi connectivity index (χ2n) is 5.04. The smallest absolute Gasteiger partial charge is 0.305 e. The maximum absolute atomic E-state index is 12.1. The van der Waals surface area contributed by atoms with Crippen molar-refractivity contribution in [3.8, 4) is 11.3 Å². The minimum absolute atomic E-state index is 0.0846. The van der Waals surface area contributed by atoms with Gasteiger partial charge in [0.2, 0.25) is 5.91 Å². The Bertz CT molecular complexity index is 755. The van der Waals surface area contributed by atoms with E-state index in [2.05, 4.69) is 5.10 Å². The molecule has 0 bridgehead atoms.